The smallest absolute Gasteiger partial charge is 0.165 e. The summed E-state index contributed by atoms with van der Waals surface area (Å²) >= 11 is 0. The lowest BCUT2D eigenvalue weighted by Gasteiger charge is -2.21. The van der Waals surface area contributed by atoms with E-state index in [2.05, 4.69) is 309 Å². The summed E-state index contributed by atoms with van der Waals surface area (Å²) in [5.41, 5.74) is 33.2. The van der Waals surface area contributed by atoms with Crippen LogP contribution < -0.4 is 0 Å². The number of hydrogen-bond donors (Lipinski definition) is 0. The third kappa shape index (κ3) is 8.17. The number of benzene rings is 16. The Labute approximate surface area is 648 Å². The van der Waals surface area contributed by atoms with Gasteiger partial charge in [-0.1, -0.05) is 232 Å². The van der Waals surface area contributed by atoms with E-state index in [-0.39, 0.29) is 5.41 Å². The van der Waals surface area contributed by atoms with E-state index in [1.807, 2.05) is 60.7 Å². The monoisotopic (exact) mass is 1450 g/mol. The normalized spacial score (nSPS) is 13.1. The zero-order valence-electron chi connectivity index (χ0n) is 61.7. The van der Waals surface area contributed by atoms with Gasteiger partial charge in [0, 0.05) is 86.8 Å². The molecule has 11 aromatic heterocycles. The summed E-state index contributed by atoms with van der Waals surface area (Å²) in [5.74, 6) is 0. The predicted molar refractivity (Wildman–Crippen MR) is 472 cm³/mol. The molecule has 0 amide bonds. The maximum Gasteiger partial charge on any atom is 0.165 e. The predicted octanol–water partition coefficient (Wildman–Crippen LogP) is 25.7. The first-order valence-corrected chi connectivity index (χ1v) is 39.0. The van der Waals surface area contributed by atoms with Gasteiger partial charge < -0.3 is 9.13 Å². The molecule has 0 radical (unpaired) electrons. The molecule has 114 heavy (non-hydrogen) atoms. The van der Waals surface area contributed by atoms with E-state index in [0.29, 0.717) is 0 Å². The Morgan fingerprint density at radius 3 is 1.28 bits per heavy atom. The van der Waals surface area contributed by atoms with Crippen molar-refractivity contribution >= 4 is 203 Å². The molecule has 1 aliphatic carbocycles. The molecule has 0 atom stereocenters. The minimum absolute atomic E-state index is 0.0316. The van der Waals surface area contributed by atoms with Crippen LogP contribution in [-0.2, 0) is 5.41 Å². The van der Waals surface area contributed by atoms with Gasteiger partial charge in [-0.15, -0.1) is 0 Å². The third-order valence-electron chi connectivity index (χ3n) is 24.9. The molecule has 0 unspecified atom stereocenters. The Morgan fingerprint density at radius 1 is 0.228 bits per heavy atom. The van der Waals surface area contributed by atoms with E-state index >= 15 is 0 Å². The molecule has 11 nitrogen and oxygen atoms in total. The van der Waals surface area contributed by atoms with E-state index in [4.69, 9.17) is 29.9 Å². The van der Waals surface area contributed by atoms with E-state index in [0.717, 1.165) is 99.8 Å². The molecule has 0 N–H and O–H groups in total. The highest BCUT2D eigenvalue weighted by Crippen LogP contribution is 2.54. The highest BCUT2D eigenvalue weighted by molar-refractivity contribution is 6.39. The van der Waals surface area contributed by atoms with Crippen LogP contribution in [0.4, 0.5) is 0 Å². The topological polar surface area (TPSA) is 100 Å². The molecular formula is C103H61N11. The lowest BCUT2D eigenvalue weighted by molar-refractivity contribution is 0.661. The van der Waals surface area contributed by atoms with Crippen molar-refractivity contribution in [3.05, 3.63) is 345 Å². The van der Waals surface area contributed by atoms with Crippen LogP contribution >= 0.6 is 0 Å². The van der Waals surface area contributed by atoms with Crippen LogP contribution in [0.1, 0.15) is 25.0 Å². The van der Waals surface area contributed by atoms with E-state index in [1.165, 1.54) is 148 Å². The van der Waals surface area contributed by atoms with Crippen LogP contribution in [0.2, 0.25) is 0 Å². The van der Waals surface area contributed by atoms with Gasteiger partial charge in [-0.3, -0.25) is 13.2 Å². The summed E-state index contributed by atoms with van der Waals surface area (Å²) in [6, 6.07) is 119. The molecule has 16 aromatic carbocycles. The van der Waals surface area contributed by atoms with Crippen LogP contribution in [0, 0.1) is 0 Å². The third-order valence-corrected chi connectivity index (χ3v) is 24.9. The van der Waals surface area contributed by atoms with Gasteiger partial charge in [-0.05, 0) is 159 Å². The molecular weight excluding hydrogens is 1390 g/mol. The first-order chi connectivity index (χ1) is 56.3. The number of para-hydroxylation sites is 11. The van der Waals surface area contributed by atoms with Crippen molar-refractivity contribution in [2.45, 2.75) is 19.3 Å². The van der Waals surface area contributed by atoms with Gasteiger partial charge in [0.2, 0.25) is 0 Å². The highest BCUT2D eigenvalue weighted by atomic mass is 15.1. The van der Waals surface area contributed by atoms with Crippen molar-refractivity contribution in [3.8, 4) is 33.6 Å². The molecule has 1 aliphatic rings. The summed E-state index contributed by atoms with van der Waals surface area (Å²) in [6.07, 6.45) is 0. The average molecular weight is 1450 g/mol. The van der Waals surface area contributed by atoms with Gasteiger partial charge in [0.1, 0.15) is 16.6 Å². The summed E-state index contributed by atoms with van der Waals surface area (Å²) in [4.78, 5) is 30.9. The number of aromatic nitrogens is 11. The van der Waals surface area contributed by atoms with Crippen molar-refractivity contribution < 1.29 is 0 Å². The van der Waals surface area contributed by atoms with Gasteiger partial charge in [-0.2, -0.15) is 0 Å². The Hall–Kier alpha value is -15.2. The van der Waals surface area contributed by atoms with Crippen molar-refractivity contribution in [1.29, 1.82) is 0 Å². The Kier molecular flexibility index (Phi) is 12.2. The van der Waals surface area contributed by atoms with Gasteiger partial charge in [0.05, 0.1) is 88.3 Å². The summed E-state index contributed by atoms with van der Waals surface area (Å²) in [6.45, 7) is 4.67. The maximum atomic E-state index is 5.20. The fraction of sp³-hybridized carbons (Fsp3) is 0.0291. The molecule has 0 spiro atoms. The number of fused-ring (bicyclic) bond motifs is 34. The SMILES string of the molecule is CC1(C)c2ccccc2-c2cc3c4cccc5c6nc7ccccc7nc6n(c3cc21)c45.c1ccc(-c2ccc3c(c2)c2c4c5ccccc5n5c6nc7ccccc7nc6c(cc2n3-c2ccccc2)c45)cc1.c1ccc(-n2c3ccc4ccccc4c3c3c4c5ccccc5n5c6nc7ccccc7nc6c(cc32)c45)cc1. The first-order valence-electron chi connectivity index (χ1n) is 39.0. The minimum Gasteiger partial charge on any atom is -0.309 e. The molecule has 528 valence electrons. The number of nitrogens with zero attached hydrogens (tertiary/aromatic N) is 11. The Morgan fingerprint density at radius 2 is 0.675 bits per heavy atom. The molecule has 0 aliphatic heterocycles. The second-order valence-electron chi connectivity index (χ2n) is 31.2. The van der Waals surface area contributed by atoms with Crippen LogP contribution in [0.25, 0.3) is 236 Å². The summed E-state index contributed by atoms with van der Waals surface area (Å²) in [5, 5.41) is 18.6. The van der Waals surface area contributed by atoms with Gasteiger partial charge >= 0.3 is 0 Å². The minimum atomic E-state index is -0.0316. The number of rotatable bonds is 3. The van der Waals surface area contributed by atoms with E-state index < -0.39 is 0 Å². The lowest BCUT2D eigenvalue weighted by atomic mass is 9.82. The molecule has 0 saturated heterocycles. The molecule has 27 aromatic rings. The largest absolute Gasteiger partial charge is 0.309 e. The van der Waals surface area contributed by atoms with E-state index in [1.54, 1.807) is 0 Å². The molecule has 11 heteroatoms. The highest BCUT2D eigenvalue weighted by Gasteiger charge is 2.37. The molecule has 28 rings (SSSR count). The van der Waals surface area contributed by atoms with Crippen molar-refractivity contribution in [2.24, 2.45) is 0 Å². The van der Waals surface area contributed by atoms with Crippen molar-refractivity contribution in [2.75, 3.05) is 0 Å². The summed E-state index contributed by atoms with van der Waals surface area (Å²) < 4.78 is 11.8. The molecule has 0 saturated carbocycles. The molecule has 0 bridgehead atoms. The number of hydrogen-bond acceptors (Lipinski definition) is 6. The first kappa shape index (κ1) is 61.7. The Balaban J connectivity index is 0.0000000950. The average Bonchev–Trinajstić information content (AvgIpc) is 1.52. The quantitative estimate of drug-likeness (QED) is 0.175. The van der Waals surface area contributed by atoms with Crippen LogP contribution in [0.15, 0.2) is 334 Å². The second kappa shape index (κ2) is 22.5. The van der Waals surface area contributed by atoms with Crippen molar-refractivity contribution in [3.63, 3.8) is 0 Å². The lowest BCUT2D eigenvalue weighted by Crippen LogP contribution is -2.14. The van der Waals surface area contributed by atoms with Gasteiger partial charge in [0.25, 0.3) is 0 Å². The zero-order valence-corrected chi connectivity index (χ0v) is 61.7. The molecule has 0 fully saturated rings. The van der Waals surface area contributed by atoms with Gasteiger partial charge in [-0.25, -0.2) is 29.9 Å². The zero-order chi connectivity index (χ0) is 74.5. The summed E-state index contributed by atoms with van der Waals surface area (Å²) in [7, 11) is 0. The van der Waals surface area contributed by atoms with Crippen molar-refractivity contribution in [1.82, 2.24) is 52.2 Å². The fourth-order valence-electron chi connectivity index (χ4n) is 20.1. The van der Waals surface area contributed by atoms with Crippen LogP contribution in [0.3, 0.4) is 0 Å². The van der Waals surface area contributed by atoms with Crippen LogP contribution in [0.5, 0.6) is 0 Å². The van der Waals surface area contributed by atoms with Gasteiger partial charge in [0.15, 0.2) is 16.9 Å². The van der Waals surface area contributed by atoms with E-state index in [9.17, 15) is 0 Å². The maximum absolute atomic E-state index is 5.20. The van der Waals surface area contributed by atoms with Crippen LogP contribution in [-0.4, -0.2) is 52.2 Å². The second-order valence-corrected chi connectivity index (χ2v) is 31.2. The standard InChI is InChI=1S/C38H22N4.C36H20N4.C29H19N3/c1-3-11-23(12-4-1)24-19-20-32-27(21-24)34-33(41(32)25-13-5-2-6-14-25)22-28-36-38(40-30-17-9-8-16-29(30)39-36)42-31-18-10-7-15-26(31)35(34)37(28)42;1-2-11-22(12-3-1)39-29-19-18-21-10-4-5-13-23(21)31(29)33-30(39)20-25-34-36(38-27-16-8-7-15-26(27)37-34)40-28-17-9-6-14-24(28)32(33)35(25)40;1-29(2)21-11-4-3-8-16(21)19-14-20-17-9-7-10-18-26-28(31-24-13-6-5-12-23(24)30-26)32(27(17)18)25(20)15-22(19)29/h1-22H;1-20H;3-15H,1-2H3. The Bertz CT molecular complexity index is 8830. The fourth-order valence-corrected chi connectivity index (χ4v) is 20.1. The molecule has 11 heterocycles.